The van der Waals surface area contributed by atoms with Gasteiger partial charge in [-0.05, 0) is 48.9 Å². The van der Waals surface area contributed by atoms with Gasteiger partial charge in [-0.25, -0.2) is 9.97 Å². The van der Waals surface area contributed by atoms with E-state index in [1.807, 2.05) is 24.3 Å². The highest BCUT2D eigenvalue weighted by atomic mass is 32.2. The molecular weight excluding hydrogens is 408 g/mol. The number of amides is 1. The molecule has 1 saturated heterocycles. The van der Waals surface area contributed by atoms with Crippen molar-refractivity contribution in [3.63, 3.8) is 0 Å². The molecule has 0 bridgehead atoms. The van der Waals surface area contributed by atoms with Gasteiger partial charge in [0.2, 0.25) is 5.91 Å². The number of anilines is 1. The molecule has 0 atom stereocenters. The van der Waals surface area contributed by atoms with Gasteiger partial charge in [0.05, 0.1) is 0 Å². The number of para-hydroxylation sites is 1. The van der Waals surface area contributed by atoms with Gasteiger partial charge in [-0.1, -0.05) is 24.3 Å². The van der Waals surface area contributed by atoms with Gasteiger partial charge in [0.25, 0.3) is 0 Å². The first kappa shape index (κ1) is 19.9. The van der Waals surface area contributed by atoms with Crippen molar-refractivity contribution in [1.82, 2.24) is 15.3 Å². The van der Waals surface area contributed by atoms with Gasteiger partial charge in [-0.15, -0.1) is 11.8 Å². The number of carbonyl (C=O) groups is 1. The first-order valence-corrected chi connectivity index (χ1v) is 11.7. The van der Waals surface area contributed by atoms with Gasteiger partial charge in [0, 0.05) is 35.8 Å². The Morgan fingerprint density at radius 1 is 1.13 bits per heavy atom. The molecule has 2 aromatic heterocycles. The minimum atomic E-state index is 0.0229. The number of piperidine rings is 1. The number of hydrogen-bond donors (Lipinski definition) is 1. The lowest BCUT2D eigenvalue weighted by atomic mass is 9.95. The van der Waals surface area contributed by atoms with E-state index in [4.69, 9.17) is 4.42 Å². The molecule has 158 valence electrons. The van der Waals surface area contributed by atoms with E-state index in [0.29, 0.717) is 6.54 Å². The van der Waals surface area contributed by atoms with Gasteiger partial charge in [0.1, 0.15) is 17.4 Å². The summed E-state index contributed by atoms with van der Waals surface area (Å²) in [6, 6.07) is 16.2. The molecule has 0 aliphatic carbocycles. The molecule has 4 aromatic rings. The Balaban J connectivity index is 1.23. The van der Waals surface area contributed by atoms with E-state index >= 15 is 0 Å². The Morgan fingerprint density at radius 3 is 2.68 bits per heavy atom. The molecule has 0 saturated carbocycles. The summed E-state index contributed by atoms with van der Waals surface area (Å²) in [6.07, 6.45) is 5.25. The van der Waals surface area contributed by atoms with Crippen molar-refractivity contribution in [2.75, 3.05) is 24.2 Å². The quantitative estimate of drug-likeness (QED) is 0.464. The number of thioether (sulfide) groups is 1. The fraction of sp³-hybridized carbons (Fsp3) is 0.292. The van der Waals surface area contributed by atoms with E-state index in [9.17, 15) is 4.79 Å². The molecular formula is C24H24N4O2S. The lowest BCUT2D eigenvalue weighted by Crippen LogP contribution is -2.40. The Labute approximate surface area is 185 Å². The Morgan fingerprint density at radius 2 is 1.90 bits per heavy atom. The Hall–Kier alpha value is -3.06. The van der Waals surface area contributed by atoms with Crippen LogP contribution in [-0.2, 0) is 11.3 Å². The third-order valence-corrected chi connectivity index (χ3v) is 6.67. The predicted molar refractivity (Wildman–Crippen MR) is 124 cm³/mol. The number of aromatic nitrogens is 2. The summed E-state index contributed by atoms with van der Waals surface area (Å²) in [6.45, 7) is 2.10. The molecule has 31 heavy (non-hydrogen) atoms. The number of fused-ring (bicyclic) bond motifs is 3. The third-order valence-electron chi connectivity index (χ3n) is 5.93. The smallest absolute Gasteiger partial charge is 0.223 e. The minimum absolute atomic E-state index is 0.0229. The van der Waals surface area contributed by atoms with E-state index in [2.05, 4.69) is 50.7 Å². The number of nitrogens with zero attached hydrogens (tertiary/aromatic N) is 3. The van der Waals surface area contributed by atoms with Crippen molar-refractivity contribution in [3.8, 4) is 0 Å². The molecule has 1 fully saturated rings. The highest BCUT2D eigenvalue weighted by Crippen LogP contribution is 2.33. The molecule has 0 radical (unpaired) electrons. The van der Waals surface area contributed by atoms with Crippen LogP contribution in [-0.4, -0.2) is 35.2 Å². The second-order valence-corrected chi connectivity index (χ2v) is 8.68. The Bertz CT molecular complexity index is 1210. The summed E-state index contributed by atoms with van der Waals surface area (Å²) in [5, 5.41) is 4.10. The SMILES string of the molecule is CSc1ccc(CNC(=O)C2CCN(c3ncnc4c3oc3ccccc34)CC2)cc1. The number of furan rings is 1. The third kappa shape index (κ3) is 3.97. The molecule has 7 heteroatoms. The standard InChI is InChI=1S/C24H24N4O2S/c1-31-18-8-6-16(7-9-18)14-25-24(29)17-10-12-28(13-11-17)23-22-21(26-15-27-23)19-4-2-3-5-20(19)30-22/h2-9,15,17H,10-14H2,1H3,(H,25,29). The van der Waals surface area contributed by atoms with Crippen LogP contribution >= 0.6 is 11.8 Å². The second kappa shape index (κ2) is 8.59. The van der Waals surface area contributed by atoms with Crippen molar-refractivity contribution in [1.29, 1.82) is 0 Å². The minimum Gasteiger partial charge on any atom is -0.450 e. The zero-order chi connectivity index (χ0) is 21.2. The second-order valence-electron chi connectivity index (χ2n) is 7.80. The molecule has 6 nitrogen and oxygen atoms in total. The maximum absolute atomic E-state index is 12.7. The molecule has 1 aliphatic heterocycles. The van der Waals surface area contributed by atoms with Crippen molar-refractivity contribution >= 4 is 45.6 Å². The van der Waals surface area contributed by atoms with E-state index in [1.54, 1.807) is 18.1 Å². The van der Waals surface area contributed by atoms with E-state index in [0.717, 1.165) is 59.4 Å². The summed E-state index contributed by atoms with van der Waals surface area (Å²) in [5.41, 5.74) is 3.50. The summed E-state index contributed by atoms with van der Waals surface area (Å²) < 4.78 is 6.07. The van der Waals surface area contributed by atoms with Crippen LogP contribution in [0.3, 0.4) is 0 Å². The first-order chi connectivity index (χ1) is 15.2. The molecule has 1 aliphatic rings. The monoisotopic (exact) mass is 432 g/mol. The van der Waals surface area contributed by atoms with Crippen molar-refractivity contribution in [3.05, 3.63) is 60.4 Å². The molecule has 2 aromatic carbocycles. The van der Waals surface area contributed by atoms with Crippen LogP contribution in [0.4, 0.5) is 5.82 Å². The highest BCUT2D eigenvalue weighted by Gasteiger charge is 2.27. The van der Waals surface area contributed by atoms with Gasteiger partial charge in [-0.3, -0.25) is 4.79 Å². The summed E-state index contributed by atoms with van der Waals surface area (Å²) >= 11 is 1.72. The van der Waals surface area contributed by atoms with Crippen LogP contribution in [0.25, 0.3) is 22.1 Å². The van der Waals surface area contributed by atoms with Crippen molar-refractivity contribution < 1.29 is 9.21 Å². The molecule has 1 amide bonds. The number of rotatable bonds is 5. The van der Waals surface area contributed by atoms with Crippen LogP contribution in [0.1, 0.15) is 18.4 Å². The number of hydrogen-bond acceptors (Lipinski definition) is 6. The number of benzene rings is 2. The van der Waals surface area contributed by atoms with Crippen LogP contribution in [0.5, 0.6) is 0 Å². The molecule has 0 spiro atoms. The molecule has 3 heterocycles. The zero-order valence-corrected chi connectivity index (χ0v) is 18.2. The van der Waals surface area contributed by atoms with Gasteiger partial charge in [-0.2, -0.15) is 0 Å². The molecule has 0 unspecified atom stereocenters. The summed E-state index contributed by atoms with van der Waals surface area (Å²) in [7, 11) is 0. The first-order valence-electron chi connectivity index (χ1n) is 10.5. The van der Waals surface area contributed by atoms with Gasteiger partial charge in [0.15, 0.2) is 11.4 Å². The average Bonchev–Trinajstić information content (AvgIpc) is 3.22. The van der Waals surface area contributed by atoms with E-state index in [-0.39, 0.29) is 11.8 Å². The predicted octanol–water partition coefficient (Wildman–Crippen LogP) is 4.63. The summed E-state index contributed by atoms with van der Waals surface area (Å²) in [4.78, 5) is 25.1. The van der Waals surface area contributed by atoms with Crippen LogP contribution in [0, 0.1) is 5.92 Å². The Kier molecular flexibility index (Phi) is 5.51. The molecule has 1 N–H and O–H groups in total. The number of nitrogens with one attached hydrogen (secondary N) is 1. The molecule has 5 rings (SSSR count). The fourth-order valence-electron chi connectivity index (χ4n) is 4.17. The highest BCUT2D eigenvalue weighted by molar-refractivity contribution is 7.98. The normalized spacial score (nSPS) is 14.9. The van der Waals surface area contributed by atoms with Gasteiger partial charge < -0.3 is 14.6 Å². The van der Waals surface area contributed by atoms with Crippen LogP contribution in [0.15, 0.2) is 64.2 Å². The summed E-state index contributed by atoms with van der Waals surface area (Å²) in [5.74, 6) is 0.967. The van der Waals surface area contributed by atoms with Crippen molar-refractivity contribution in [2.24, 2.45) is 5.92 Å². The van der Waals surface area contributed by atoms with Crippen molar-refractivity contribution in [2.45, 2.75) is 24.3 Å². The lowest BCUT2D eigenvalue weighted by Gasteiger charge is -2.31. The van der Waals surface area contributed by atoms with E-state index < -0.39 is 0 Å². The maximum Gasteiger partial charge on any atom is 0.223 e. The topological polar surface area (TPSA) is 71.3 Å². The van der Waals surface area contributed by atoms with Crippen LogP contribution in [0.2, 0.25) is 0 Å². The maximum atomic E-state index is 12.7. The van der Waals surface area contributed by atoms with Gasteiger partial charge >= 0.3 is 0 Å². The fourth-order valence-corrected chi connectivity index (χ4v) is 4.58. The average molecular weight is 433 g/mol. The number of carbonyl (C=O) groups excluding carboxylic acids is 1. The lowest BCUT2D eigenvalue weighted by molar-refractivity contribution is -0.125. The zero-order valence-electron chi connectivity index (χ0n) is 17.4. The van der Waals surface area contributed by atoms with Crippen LogP contribution < -0.4 is 10.2 Å². The largest absolute Gasteiger partial charge is 0.450 e. The van der Waals surface area contributed by atoms with E-state index in [1.165, 1.54) is 4.90 Å².